The summed E-state index contributed by atoms with van der Waals surface area (Å²) in [5, 5.41) is 0. The molecule has 1 saturated carbocycles. The average molecular weight is 255 g/mol. The van der Waals surface area contributed by atoms with Crippen molar-refractivity contribution in [3.8, 4) is 0 Å². The highest BCUT2D eigenvalue weighted by atomic mass is 14.6. The van der Waals surface area contributed by atoms with Crippen LogP contribution < -0.4 is 5.73 Å². The minimum absolute atomic E-state index is 0.214. The van der Waals surface area contributed by atoms with Crippen molar-refractivity contribution in [2.75, 3.05) is 0 Å². The van der Waals surface area contributed by atoms with Crippen molar-refractivity contribution in [1.82, 2.24) is 0 Å². The van der Waals surface area contributed by atoms with E-state index in [2.05, 4.69) is 44.2 Å². The van der Waals surface area contributed by atoms with E-state index >= 15 is 0 Å². The summed E-state index contributed by atoms with van der Waals surface area (Å²) in [5.74, 6) is 0.811. The van der Waals surface area contributed by atoms with E-state index in [4.69, 9.17) is 5.73 Å². The fourth-order valence-corrected chi connectivity index (χ4v) is 3.53. The Balaban J connectivity index is 1.89. The van der Waals surface area contributed by atoms with Gasteiger partial charge in [-0.2, -0.15) is 0 Å². The molecule has 0 saturated heterocycles. The van der Waals surface area contributed by atoms with E-state index in [1.807, 2.05) is 0 Å². The van der Waals surface area contributed by atoms with Gasteiger partial charge in [-0.25, -0.2) is 0 Å². The second kappa shape index (κ2) is 4.79. The molecule has 0 aliphatic heterocycles. The number of rotatable bonds is 2. The zero-order valence-corrected chi connectivity index (χ0v) is 12.2. The molecule has 1 nitrogen and oxygen atoms in total. The Labute approximate surface area is 116 Å². The van der Waals surface area contributed by atoms with Crippen molar-refractivity contribution >= 4 is 5.57 Å². The lowest BCUT2D eigenvalue weighted by atomic mass is 9.73. The van der Waals surface area contributed by atoms with Gasteiger partial charge in [0.25, 0.3) is 0 Å². The lowest BCUT2D eigenvalue weighted by molar-refractivity contribution is 0.318. The van der Waals surface area contributed by atoms with Crippen LogP contribution in [0.15, 0.2) is 30.3 Å². The number of benzene rings is 1. The molecule has 2 aliphatic rings. The number of hydrogen-bond acceptors (Lipinski definition) is 1. The molecule has 0 radical (unpaired) electrons. The van der Waals surface area contributed by atoms with Gasteiger partial charge < -0.3 is 5.73 Å². The molecule has 2 N–H and O–H groups in total. The molecule has 0 bridgehead atoms. The number of hydrogen-bond donors (Lipinski definition) is 1. The van der Waals surface area contributed by atoms with Crippen LogP contribution in [0.1, 0.15) is 63.0 Å². The van der Waals surface area contributed by atoms with Gasteiger partial charge in [0.15, 0.2) is 0 Å². The van der Waals surface area contributed by atoms with Crippen LogP contribution in [0.25, 0.3) is 5.57 Å². The fourth-order valence-electron chi connectivity index (χ4n) is 3.53. The summed E-state index contributed by atoms with van der Waals surface area (Å²) in [6.45, 7) is 4.66. The normalized spacial score (nSPS) is 26.7. The SMILES string of the molecule is CC1(C)CC(c2cccc(C3CCC3)c2)=CC(N)C1. The summed E-state index contributed by atoms with van der Waals surface area (Å²) < 4.78 is 0. The van der Waals surface area contributed by atoms with Crippen molar-refractivity contribution in [3.05, 3.63) is 41.5 Å². The van der Waals surface area contributed by atoms with Crippen molar-refractivity contribution in [2.45, 2.75) is 57.9 Å². The Bertz CT molecular complexity index is 494. The first-order valence-corrected chi connectivity index (χ1v) is 7.60. The van der Waals surface area contributed by atoms with E-state index in [1.54, 1.807) is 0 Å². The predicted octanol–water partition coefficient (Wildman–Crippen LogP) is 4.48. The zero-order chi connectivity index (χ0) is 13.5. The highest BCUT2D eigenvalue weighted by molar-refractivity contribution is 5.68. The molecule has 1 aromatic carbocycles. The average Bonchev–Trinajstić information content (AvgIpc) is 2.24. The van der Waals surface area contributed by atoms with E-state index in [1.165, 1.54) is 36.0 Å². The Kier molecular flexibility index (Phi) is 3.26. The Morgan fingerprint density at radius 1 is 1.21 bits per heavy atom. The van der Waals surface area contributed by atoms with Gasteiger partial charge >= 0.3 is 0 Å². The van der Waals surface area contributed by atoms with E-state index in [0.717, 1.165) is 18.8 Å². The first kappa shape index (κ1) is 12.9. The van der Waals surface area contributed by atoms with Crippen LogP contribution in [0.3, 0.4) is 0 Å². The molecule has 1 aromatic rings. The van der Waals surface area contributed by atoms with Crippen LogP contribution in [0.2, 0.25) is 0 Å². The first-order chi connectivity index (χ1) is 9.03. The summed E-state index contributed by atoms with van der Waals surface area (Å²) >= 11 is 0. The molecule has 102 valence electrons. The Morgan fingerprint density at radius 2 is 2.00 bits per heavy atom. The lowest BCUT2D eigenvalue weighted by Crippen LogP contribution is -2.30. The van der Waals surface area contributed by atoms with Crippen molar-refractivity contribution in [1.29, 1.82) is 0 Å². The minimum Gasteiger partial charge on any atom is -0.324 e. The molecule has 3 rings (SSSR count). The molecule has 1 heteroatoms. The lowest BCUT2D eigenvalue weighted by Gasteiger charge is -2.34. The van der Waals surface area contributed by atoms with Gasteiger partial charge in [-0.15, -0.1) is 0 Å². The van der Waals surface area contributed by atoms with Crippen LogP contribution >= 0.6 is 0 Å². The summed E-state index contributed by atoms with van der Waals surface area (Å²) in [6.07, 6.45) is 8.66. The second-order valence-electron chi connectivity index (χ2n) is 7.15. The predicted molar refractivity (Wildman–Crippen MR) is 82.0 cm³/mol. The van der Waals surface area contributed by atoms with Crippen molar-refractivity contribution < 1.29 is 0 Å². The van der Waals surface area contributed by atoms with Crippen LogP contribution in [0.5, 0.6) is 0 Å². The van der Waals surface area contributed by atoms with Gasteiger partial charge in [0.1, 0.15) is 0 Å². The molecule has 0 heterocycles. The Hall–Kier alpha value is -1.08. The van der Waals surface area contributed by atoms with Gasteiger partial charge in [-0.3, -0.25) is 0 Å². The first-order valence-electron chi connectivity index (χ1n) is 7.60. The third-order valence-corrected chi connectivity index (χ3v) is 4.71. The van der Waals surface area contributed by atoms with Crippen molar-refractivity contribution in [3.63, 3.8) is 0 Å². The monoisotopic (exact) mass is 255 g/mol. The molecule has 0 amide bonds. The summed E-state index contributed by atoms with van der Waals surface area (Å²) in [6, 6.07) is 9.39. The van der Waals surface area contributed by atoms with Crippen molar-refractivity contribution in [2.24, 2.45) is 11.1 Å². The smallest absolute Gasteiger partial charge is 0.0234 e. The third kappa shape index (κ3) is 2.76. The van der Waals surface area contributed by atoms with E-state index < -0.39 is 0 Å². The van der Waals surface area contributed by atoms with Gasteiger partial charge in [0, 0.05) is 6.04 Å². The molecule has 1 atom stereocenters. The zero-order valence-electron chi connectivity index (χ0n) is 12.2. The maximum Gasteiger partial charge on any atom is 0.0234 e. The summed E-state index contributed by atoms with van der Waals surface area (Å²) in [5.41, 5.74) is 10.9. The largest absolute Gasteiger partial charge is 0.324 e. The van der Waals surface area contributed by atoms with Gasteiger partial charge in [0.05, 0.1) is 0 Å². The van der Waals surface area contributed by atoms with Gasteiger partial charge in [-0.1, -0.05) is 50.6 Å². The van der Waals surface area contributed by atoms with Gasteiger partial charge in [0.2, 0.25) is 0 Å². The topological polar surface area (TPSA) is 26.0 Å². The Morgan fingerprint density at radius 3 is 2.63 bits per heavy atom. The highest BCUT2D eigenvalue weighted by Crippen LogP contribution is 2.41. The molecule has 19 heavy (non-hydrogen) atoms. The molecule has 1 unspecified atom stereocenters. The third-order valence-electron chi connectivity index (χ3n) is 4.71. The molecular weight excluding hydrogens is 230 g/mol. The van der Waals surface area contributed by atoms with Gasteiger partial charge in [-0.05, 0) is 53.7 Å². The number of allylic oxidation sites excluding steroid dienone is 1. The molecule has 0 spiro atoms. The molecule has 1 fully saturated rings. The second-order valence-corrected chi connectivity index (χ2v) is 7.15. The maximum atomic E-state index is 6.20. The fraction of sp³-hybridized carbons (Fsp3) is 0.556. The van der Waals surface area contributed by atoms with Crippen LogP contribution in [-0.2, 0) is 0 Å². The van der Waals surface area contributed by atoms with E-state index in [-0.39, 0.29) is 6.04 Å². The standard InChI is InChI=1S/C18H25N/c1-18(2)11-16(10-17(19)12-18)15-8-4-7-14(9-15)13-5-3-6-13/h4,7-10,13,17H,3,5-6,11-12,19H2,1-2H3. The van der Waals surface area contributed by atoms with Crippen LogP contribution in [0.4, 0.5) is 0 Å². The number of nitrogens with two attached hydrogens (primary N) is 1. The quantitative estimate of drug-likeness (QED) is 0.828. The van der Waals surface area contributed by atoms with E-state index in [9.17, 15) is 0 Å². The summed E-state index contributed by atoms with van der Waals surface area (Å²) in [4.78, 5) is 0. The molecule has 2 aliphatic carbocycles. The highest BCUT2D eigenvalue weighted by Gasteiger charge is 2.28. The minimum atomic E-state index is 0.214. The molecular formula is C18H25N. The van der Waals surface area contributed by atoms with E-state index in [0.29, 0.717) is 5.41 Å². The van der Waals surface area contributed by atoms with Crippen LogP contribution in [0, 0.1) is 5.41 Å². The summed E-state index contributed by atoms with van der Waals surface area (Å²) in [7, 11) is 0. The maximum absolute atomic E-state index is 6.20. The van der Waals surface area contributed by atoms with Crippen LogP contribution in [-0.4, -0.2) is 6.04 Å². The molecule has 0 aromatic heterocycles.